The molecule has 0 amide bonds. The Hall–Kier alpha value is -0.120. The molecule has 0 aromatic rings. The molecule has 0 spiro atoms. The third kappa shape index (κ3) is 12.8. The first-order chi connectivity index (χ1) is 12.4. The second-order valence-electron chi connectivity index (χ2n) is 8.22. The maximum Gasteiger partial charge on any atom is 0.104 e. The predicted octanol–water partition coefficient (Wildman–Crippen LogP) is 5.90. The molecule has 3 heteroatoms. The molecule has 0 aromatic carbocycles. The monoisotopic (exact) mass is 354 g/mol. The highest BCUT2D eigenvalue weighted by Gasteiger charge is 2.26. The molecule has 3 nitrogen and oxygen atoms in total. The maximum absolute atomic E-state index is 5.23. The fraction of sp³-hybridized carbons (Fsp3) is 1.00. The molecule has 25 heavy (non-hydrogen) atoms. The van der Waals surface area contributed by atoms with Crippen molar-refractivity contribution in [3.63, 3.8) is 0 Å². The molecule has 2 unspecified atom stereocenters. The van der Waals surface area contributed by atoms with E-state index >= 15 is 0 Å². The number of unbranched alkanes of at least 4 members (excludes halogenated alkanes) is 7. The Kier molecular flexibility index (Phi) is 11.9. The fourth-order valence-electron chi connectivity index (χ4n) is 3.70. The lowest BCUT2D eigenvalue weighted by molar-refractivity contribution is 0.102. The summed E-state index contributed by atoms with van der Waals surface area (Å²) in [6.45, 7) is 5.56. The van der Waals surface area contributed by atoms with E-state index in [0.29, 0.717) is 12.2 Å². The second-order valence-corrected chi connectivity index (χ2v) is 8.22. The van der Waals surface area contributed by atoms with E-state index in [9.17, 15) is 0 Å². The van der Waals surface area contributed by atoms with Crippen LogP contribution in [0.25, 0.3) is 0 Å². The zero-order valence-corrected chi connectivity index (χ0v) is 16.7. The van der Waals surface area contributed by atoms with Gasteiger partial charge in [-0.25, -0.2) is 0 Å². The Labute approximate surface area is 156 Å². The van der Waals surface area contributed by atoms with Crippen LogP contribution in [0.1, 0.15) is 96.8 Å². The van der Waals surface area contributed by atoms with Gasteiger partial charge in [-0.15, -0.1) is 0 Å². The normalized spacial score (nSPS) is 25.3. The topological polar surface area (TPSA) is 34.3 Å². The van der Waals surface area contributed by atoms with Gasteiger partial charge < -0.3 is 14.2 Å². The molecule has 2 aliphatic heterocycles. The lowest BCUT2D eigenvalue weighted by Crippen LogP contribution is -2.06. The van der Waals surface area contributed by atoms with Crippen molar-refractivity contribution in [1.82, 2.24) is 0 Å². The molecule has 1 aliphatic carbocycles. The molecule has 2 atom stereocenters. The molecule has 2 heterocycles. The molecule has 0 bridgehead atoms. The molecule has 0 N–H and O–H groups in total. The van der Waals surface area contributed by atoms with Crippen LogP contribution >= 0.6 is 0 Å². The van der Waals surface area contributed by atoms with E-state index < -0.39 is 0 Å². The minimum Gasteiger partial charge on any atom is -0.376 e. The Morgan fingerprint density at radius 1 is 0.720 bits per heavy atom. The summed E-state index contributed by atoms with van der Waals surface area (Å²) in [7, 11) is 0. The average Bonchev–Trinajstić information content (AvgIpc) is 3.54. The molecule has 148 valence electrons. The van der Waals surface area contributed by atoms with Crippen molar-refractivity contribution in [3.8, 4) is 0 Å². The van der Waals surface area contributed by atoms with E-state index in [1.807, 2.05) is 0 Å². The van der Waals surface area contributed by atoms with Crippen LogP contribution in [0.2, 0.25) is 0 Å². The van der Waals surface area contributed by atoms with E-state index in [-0.39, 0.29) is 0 Å². The Balaban J connectivity index is 0.000000208. The molecule has 3 aliphatic rings. The predicted molar refractivity (Wildman–Crippen MR) is 104 cm³/mol. The maximum atomic E-state index is 5.23. The largest absolute Gasteiger partial charge is 0.376 e. The quantitative estimate of drug-likeness (QED) is 0.305. The smallest absolute Gasteiger partial charge is 0.104 e. The van der Waals surface area contributed by atoms with Gasteiger partial charge in [0.15, 0.2) is 0 Å². The third-order valence-electron chi connectivity index (χ3n) is 5.60. The summed E-state index contributed by atoms with van der Waals surface area (Å²) in [5.41, 5.74) is 0. The van der Waals surface area contributed by atoms with Gasteiger partial charge in [0.25, 0.3) is 0 Å². The van der Waals surface area contributed by atoms with Gasteiger partial charge in [0.05, 0.1) is 26.4 Å². The van der Waals surface area contributed by atoms with Crippen molar-refractivity contribution in [3.05, 3.63) is 0 Å². The van der Waals surface area contributed by atoms with Gasteiger partial charge in [-0.1, -0.05) is 96.8 Å². The molecule has 2 saturated heterocycles. The lowest BCUT2D eigenvalue weighted by atomic mass is 9.85. The minimum atomic E-state index is 0.392. The summed E-state index contributed by atoms with van der Waals surface area (Å²) in [6.07, 6.45) is 21.7. The Bertz CT molecular complexity index is 282. The van der Waals surface area contributed by atoms with Crippen molar-refractivity contribution in [2.24, 2.45) is 5.92 Å². The highest BCUT2D eigenvalue weighted by molar-refractivity contribution is 4.71. The van der Waals surface area contributed by atoms with Crippen molar-refractivity contribution >= 4 is 0 Å². The van der Waals surface area contributed by atoms with Gasteiger partial charge in [0.1, 0.15) is 12.2 Å². The number of rotatable bonds is 13. The molecular weight excluding hydrogens is 312 g/mol. The molecule has 1 saturated carbocycles. The summed E-state index contributed by atoms with van der Waals surface area (Å²) >= 11 is 0. The number of ether oxygens (including phenoxy) is 3. The van der Waals surface area contributed by atoms with Crippen LogP contribution in [0, 0.1) is 5.92 Å². The van der Waals surface area contributed by atoms with Gasteiger partial charge in [0.2, 0.25) is 0 Å². The van der Waals surface area contributed by atoms with Crippen molar-refractivity contribution < 1.29 is 14.2 Å². The van der Waals surface area contributed by atoms with Crippen LogP contribution in [0.3, 0.4) is 0 Å². The van der Waals surface area contributed by atoms with Crippen molar-refractivity contribution in [2.45, 2.75) is 109 Å². The van der Waals surface area contributed by atoms with Gasteiger partial charge in [-0.2, -0.15) is 0 Å². The van der Waals surface area contributed by atoms with Crippen LogP contribution < -0.4 is 0 Å². The van der Waals surface area contributed by atoms with Crippen LogP contribution in [-0.4, -0.2) is 38.6 Å². The molecule has 3 rings (SSSR count). The van der Waals surface area contributed by atoms with E-state index in [1.54, 1.807) is 0 Å². The molecular formula is C22H42O3. The van der Waals surface area contributed by atoms with E-state index in [4.69, 9.17) is 14.2 Å². The molecule has 0 radical (unpaired) electrons. The van der Waals surface area contributed by atoms with Crippen LogP contribution in [-0.2, 0) is 14.2 Å². The van der Waals surface area contributed by atoms with Gasteiger partial charge in [-0.05, 0) is 5.92 Å². The van der Waals surface area contributed by atoms with Crippen LogP contribution in [0.4, 0.5) is 0 Å². The number of hydrogen-bond donors (Lipinski definition) is 0. The number of epoxide rings is 2. The van der Waals surface area contributed by atoms with Crippen molar-refractivity contribution in [2.75, 3.05) is 26.4 Å². The molecule has 0 aromatic heterocycles. The van der Waals surface area contributed by atoms with Crippen LogP contribution in [0.5, 0.6) is 0 Å². The van der Waals surface area contributed by atoms with E-state index in [1.165, 1.54) is 89.9 Å². The summed E-state index contributed by atoms with van der Waals surface area (Å²) < 4.78 is 15.1. The summed E-state index contributed by atoms with van der Waals surface area (Å²) in [6, 6.07) is 0. The molecule has 3 fully saturated rings. The first-order valence-electron chi connectivity index (χ1n) is 11.2. The minimum absolute atomic E-state index is 0.392. The summed E-state index contributed by atoms with van der Waals surface area (Å²) in [5.74, 6) is 1.11. The standard InChI is InChI=1S/C16H32.C6H10O3/c1-2-3-4-5-6-7-8-10-13-16-14-11-9-12-15-16;1(5-3-8-5)7-2-6-4-9-6/h16H,2-15H2,1H3;5-6H,1-4H2. The first kappa shape index (κ1) is 21.2. The van der Waals surface area contributed by atoms with Gasteiger partial charge >= 0.3 is 0 Å². The zero-order chi connectivity index (χ0) is 17.6. The second kappa shape index (κ2) is 14.0. The number of hydrogen-bond acceptors (Lipinski definition) is 3. The summed E-state index contributed by atoms with van der Waals surface area (Å²) in [5, 5.41) is 0. The van der Waals surface area contributed by atoms with Gasteiger partial charge in [0, 0.05) is 0 Å². The summed E-state index contributed by atoms with van der Waals surface area (Å²) in [4.78, 5) is 0. The Morgan fingerprint density at radius 3 is 1.76 bits per heavy atom. The van der Waals surface area contributed by atoms with E-state index in [0.717, 1.165) is 32.3 Å². The van der Waals surface area contributed by atoms with Crippen molar-refractivity contribution in [1.29, 1.82) is 0 Å². The SMILES string of the molecule is C(OCC1CO1)C1CO1.CCCCCCCCCCC1CCCCC1. The Morgan fingerprint density at radius 2 is 1.24 bits per heavy atom. The van der Waals surface area contributed by atoms with Gasteiger partial charge in [-0.3, -0.25) is 0 Å². The highest BCUT2D eigenvalue weighted by atomic mass is 16.6. The zero-order valence-electron chi connectivity index (χ0n) is 16.7. The van der Waals surface area contributed by atoms with Crippen LogP contribution in [0.15, 0.2) is 0 Å². The third-order valence-corrected chi connectivity index (χ3v) is 5.60. The van der Waals surface area contributed by atoms with E-state index in [2.05, 4.69) is 6.92 Å². The fourth-order valence-corrected chi connectivity index (χ4v) is 3.70. The lowest BCUT2D eigenvalue weighted by Gasteiger charge is -2.21. The average molecular weight is 355 g/mol. The first-order valence-corrected chi connectivity index (χ1v) is 11.2. The highest BCUT2D eigenvalue weighted by Crippen LogP contribution is 2.28.